The summed E-state index contributed by atoms with van der Waals surface area (Å²) in [6.07, 6.45) is 59.6. The number of nitrogens with one attached hydrogen (secondary N) is 1. The van der Waals surface area contributed by atoms with Crippen molar-refractivity contribution in [1.29, 1.82) is 0 Å². The summed E-state index contributed by atoms with van der Waals surface area (Å²) in [4.78, 5) is 13.5. The molecule has 19 nitrogen and oxygen atoms in total. The summed E-state index contributed by atoms with van der Waals surface area (Å²) in [5.41, 5.74) is 0. The third-order valence-electron chi connectivity index (χ3n) is 18.5. The van der Waals surface area contributed by atoms with Crippen LogP contribution in [0.4, 0.5) is 0 Å². The Morgan fingerprint density at radius 2 is 0.683 bits per heavy atom. The van der Waals surface area contributed by atoms with Crippen molar-refractivity contribution < 1.29 is 89.4 Å². The smallest absolute Gasteiger partial charge is 0.220 e. The van der Waals surface area contributed by atoms with Crippen LogP contribution in [0.5, 0.6) is 0 Å². The fraction of sp³-hybridized carbons (Fsp3) is 0.720. The maximum atomic E-state index is 13.5. The minimum absolute atomic E-state index is 0.245. The summed E-state index contributed by atoms with van der Waals surface area (Å²) in [6.45, 7) is 1.67. The Labute approximate surface area is 607 Å². The van der Waals surface area contributed by atoms with E-state index in [-0.39, 0.29) is 18.9 Å². The van der Waals surface area contributed by atoms with Crippen molar-refractivity contribution in [2.24, 2.45) is 0 Å². The minimum Gasteiger partial charge on any atom is -0.394 e. The molecule has 3 fully saturated rings. The molecular formula is C82H137NO18. The Morgan fingerprint density at radius 1 is 0.366 bits per heavy atom. The highest BCUT2D eigenvalue weighted by atomic mass is 16.8. The van der Waals surface area contributed by atoms with Gasteiger partial charge >= 0.3 is 0 Å². The maximum Gasteiger partial charge on any atom is 0.220 e. The third-order valence-corrected chi connectivity index (χ3v) is 18.5. The molecule has 3 heterocycles. The zero-order chi connectivity index (χ0) is 73.2. The molecule has 101 heavy (non-hydrogen) atoms. The highest BCUT2D eigenvalue weighted by molar-refractivity contribution is 5.76. The standard InChI is InChI=1S/C82H137NO18/c1-3-5-7-9-11-13-15-17-19-20-21-22-23-24-25-26-27-28-29-30-31-32-33-34-35-36-37-38-39-40-41-42-43-44-46-48-50-52-54-56-58-60-70(88)83-65(66(87)59-57-55-53-51-49-47-45-18-16-14-12-10-8-6-4-2)64-96-80-76(94)73(91)78(68(62-85)98-80)101-82-77(95)74(92)79(69(63-86)99-82)100-81-75(93)72(90)71(89)67(61-84)97-81/h5,7,11,13,17,19,21-22,24-25,27-28,30-31,33-34,36-37,39-40,42-43,65-69,71-82,84-87,89-95H,3-4,6,8-10,12,14-16,18,20,23,26,29,32,35,38,41,44-64H2,1-2H3,(H,83,88)/b7-5-,13-11-,19-17-,22-21-,25-24-,28-27-,31-30-,34-33-,37-36-,40-39-,43-42-. The number of ether oxygens (including phenoxy) is 6. The van der Waals surface area contributed by atoms with Crippen LogP contribution in [0.3, 0.4) is 0 Å². The number of unbranched alkanes of at least 4 members (excludes halogenated alkanes) is 21. The van der Waals surface area contributed by atoms with Crippen LogP contribution < -0.4 is 5.32 Å². The van der Waals surface area contributed by atoms with Gasteiger partial charge in [0.05, 0.1) is 38.6 Å². The Morgan fingerprint density at radius 3 is 1.07 bits per heavy atom. The predicted octanol–water partition coefficient (Wildman–Crippen LogP) is 12.5. The van der Waals surface area contributed by atoms with Gasteiger partial charge in [0.15, 0.2) is 18.9 Å². The molecule has 0 saturated carbocycles. The molecule has 3 aliphatic rings. The molecule has 3 aliphatic heterocycles. The molecule has 17 unspecified atom stereocenters. The average Bonchev–Trinajstić information content (AvgIpc) is 0.782. The number of carbonyl (C=O) groups excluding carboxylic acids is 1. The second-order valence-corrected chi connectivity index (χ2v) is 27.1. The van der Waals surface area contributed by atoms with E-state index in [1.807, 2.05) is 0 Å². The Bertz CT molecular complexity index is 2350. The molecular weight excluding hydrogens is 1290 g/mol. The van der Waals surface area contributed by atoms with E-state index < -0.39 is 124 Å². The quantitative estimate of drug-likeness (QED) is 0.0199. The third kappa shape index (κ3) is 41.4. The SMILES string of the molecule is CC/C=C\C/C=C\C/C=C\C/C=C\C/C=C\C/C=C\C/C=C\C/C=C\C/C=C\C/C=C\C/C=C\CCCCCCCCCC(=O)NC(COC1OC(CO)C(OC2OC(CO)C(OC3OC(CO)C(O)C(O)C3O)C(O)C2O)C(O)C1O)C(O)CCCCCCCCCCCCCCCCC. The average molecular weight is 1420 g/mol. The number of hydrogen-bond donors (Lipinski definition) is 12. The molecule has 17 atom stereocenters. The number of hydrogen-bond acceptors (Lipinski definition) is 18. The maximum absolute atomic E-state index is 13.5. The van der Waals surface area contributed by atoms with Crippen molar-refractivity contribution in [3.8, 4) is 0 Å². The first kappa shape index (κ1) is 91.1. The molecule has 0 aromatic carbocycles. The van der Waals surface area contributed by atoms with Crippen molar-refractivity contribution in [3.05, 3.63) is 134 Å². The number of rotatable bonds is 59. The van der Waals surface area contributed by atoms with Gasteiger partial charge in [0, 0.05) is 6.42 Å². The first-order valence-electron chi connectivity index (χ1n) is 38.9. The van der Waals surface area contributed by atoms with Gasteiger partial charge in [0.1, 0.15) is 73.2 Å². The van der Waals surface area contributed by atoms with Gasteiger partial charge in [-0.15, -0.1) is 0 Å². The van der Waals surface area contributed by atoms with E-state index in [1.165, 1.54) is 70.6 Å². The van der Waals surface area contributed by atoms with E-state index in [4.69, 9.17) is 28.4 Å². The van der Waals surface area contributed by atoms with Gasteiger partial charge in [-0.05, 0) is 96.3 Å². The van der Waals surface area contributed by atoms with E-state index in [0.717, 1.165) is 141 Å². The summed E-state index contributed by atoms with van der Waals surface area (Å²) < 4.78 is 34.4. The van der Waals surface area contributed by atoms with E-state index >= 15 is 0 Å². The number of aliphatic hydroxyl groups is 11. The summed E-state index contributed by atoms with van der Waals surface area (Å²) in [5.74, 6) is -0.259. The lowest BCUT2D eigenvalue weighted by molar-refractivity contribution is -0.379. The van der Waals surface area contributed by atoms with Gasteiger partial charge in [-0.1, -0.05) is 276 Å². The largest absolute Gasteiger partial charge is 0.394 e. The topological polar surface area (TPSA) is 307 Å². The van der Waals surface area contributed by atoms with Gasteiger partial charge in [-0.25, -0.2) is 0 Å². The van der Waals surface area contributed by atoms with Crippen LogP contribution in [0.1, 0.15) is 245 Å². The van der Waals surface area contributed by atoms with Gasteiger partial charge in [0.2, 0.25) is 5.91 Å². The first-order chi connectivity index (χ1) is 49.3. The second-order valence-electron chi connectivity index (χ2n) is 27.1. The van der Waals surface area contributed by atoms with E-state index in [2.05, 4.69) is 153 Å². The zero-order valence-electron chi connectivity index (χ0n) is 61.6. The normalized spacial score (nSPS) is 27.1. The van der Waals surface area contributed by atoms with Crippen LogP contribution in [0, 0.1) is 0 Å². The van der Waals surface area contributed by atoms with Crippen LogP contribution in [0.25, 0.3) is 0 Å². The first-order valence-corrected chi connectivity index (χ1v) is 38.9. The van der Waals surface area contributed by atoms with Crippen LogP contribution in [0.15, 0.2) is 134 Å². The highest BCUT2D eigenvalue weighted by Gasteiger charge is 2.54. The number of amides is 1. The molecule has 19 heteroatoms. The van der Waals surface area contributed by atoms with E-state index in [9.17, 15) is 61.0 Å². The van der Waals surface area contributed by atoms with Crippen molar-refractivity contribution in [3.63, 3.8) is 0 Å². The molecule has 0 aromatic heterocycles. The Hall–Kier alpha value is -4.07. The van der Waals surface area contributed by atoms with Gasteiger partial charge in [-0.2, -0.15) is 0 Å². The van der Waals surface area contributed by atoms with Crippen molar-refractivity contribution >= 4 is 5.91 Å². The summed E-state index contributed by atoms with van der Waals surface area (Å²) in [7, 11) is 0. The second kappa shape index (κ2) is 61.1. The number of aliphatic hydroxyl groups excluding tert-OH is 11. The van der Waals surface area contributed by atoms with Gasteiger partial charge < -0.3 is 89.9 Å². The van der Waals surface area contributed by atoms with Crippen molar-refractivity contribution in [2.45, 2.75) is 349 Å². The molecule has 0 bridgehead atoms. The van der Waals surface area contributed by atoms with E-state index in [1.54, 1.807) is 0 Å². The van der Waals surface area contributed by atoms with Crippen molar-refractivity contribution in [1.82, 2.24) is 5.32 Å². The van der Waals surface area contributed by atoms with Gasteiger partial charge in [-0.3, -0.25) is 4.79 Å². The summed E-state index contributed by atoms with van der Waals surface area (Å²) in [6, 6.07) is -0.903. The fourth-order valence-corrected chi connectivity index (χ4v) is 12.3. The van der Waals surface area contributed by atoms with Crippen molar-refractivity contribution in [2.75, 3.05) is 26.4 Å². The molecule has 1 amide bonds. The lowest BCUT2D eigenvalue weighted by Crippen LogP contribution is -2.66. The Kier molecular flexibility index (Phi) is 55.2. The van der Waals surface area contributed by atoms with Crippen LogP contribution >= 0.6 is 0 Å². The van der Waals surface area contributed by atoms with Crippen LogP contribution in [0.2, 0.25) is 0 Å². The molecule has 0 aromatic rings. The lowest BCUT2D eigenvalue weighted by atomic mass is 9.96. The summed E-state index contributed by atoms with van der Waals surface area (Å²) >= 11 is 0. The molecule has 3 saturated heterocycles. The molecule has 0 aliphatic carbocycles. The molecule has 578 valence electrons. The Balaban J connectivity index is 1.33. The van der Waals surface area contributed by atoms with Crippen LogP contribution in [-0.4, -0.2) is 193 Å². The number of carbonyl (C=O) groups is 1. The van der Waals surface area contributed by atoms with Gasteiger partial charge in [0.25, 0.3) is 0 Å². The zero-order valence-corrected chi connectivity index (χ0v) is 61.6. The highest BCUT2D eigenvalue weighted by Crippen LogP contribution is 2.33. The monoisotopic (exact) mass is 1420 g/mol. The number of allylic oxidation sites excluding steroid dienone is 22. The van der Waals surface area contributed by atoms with E-state index in [0.29, 0.717) is 12.8 Å². The predicted molar refractivity (Wildman–Crippen MR) is 401 cm³/mol. The minimum atomic E-state index is -1.98. The molecule has 0 spiro atoms. The molecule has 12 N–H and O–H groups in total. The molecule has 3 rings (SSSR count). The van der Waals surface area contributed by atoms with Crippen LogP contribution in [-0.2, 0) is 33.2 Å². The summed E-state index contributed by atoms with van der Waals surface area (Å²) in [5, 5.41) is 121. The fourth-order valence-electron chi connectivity index (χ4n) is 12.3. The molecule has 0 radical (unpaired) electrons. The lowest BCUT2D eigenvalue weighted by Gasteiger charge is -2.48.